The van der Waals surface area contributed by atoms with Gasteiger partial charge >= 0.3 is 0 Å². The Bertz CT molecular complexity index is 940. The lowest BCUT2D eigenvalue weighted by atomic mass is 10.2. The molecule has 0 saturated carbocycles. The van der Waals surface area contributed by atoms with Crippen molar-refractivity contribution in [1.29, 1.82) is 5.26 Å². The highest BCUT2D eigenvalue weighted by molar-refractivity contribution is 7.95. The highest BCUT2D eigenvalue weighted by Gasteiger charge is 2.20. The monoisotopic (exact) mass is 388 g/mol. The summed E-state index contributed by atoms with van der Waals surface area (Å²) in [6.45, 7) is 3.03. The zero-order valence-corrected chi connectivity index (χ0v) is 15.5. The molecule has 0 aliphatic carbocycles. The molecule has 5 nitrogen and oxygen atoms in total. The maximum Gasteiger partial charge on any atom is 0.216 e. The number of benzene rings is 2. The maximum atomic E-state index is 12.6. The lowest BCUT2D eigenvalue weighted by molar-refractivity contribution is 0.122. The largest absolute Gasteiger partial charge is 0.378 e. The number of hydrogen-bond acceptors (Lipinski definition) is 5. The Hall–Kier alpha value is -2.33. The van der Waals surface area contributed by atoms with Crippen LogP contribution in [0.4, 0.5) is 5.69 Å². The summed E-state index contributed by atoms with van der Waals surface area (Å²) >= 11 is 5.80. The van der Waals surface area contributed by atoms with Crippen LogP contribution in [0.2, 0.25) is 5.02 Å². The SMILES string of the molecule is N#C/C(=C/c1ccc(N2CCOCC2)cc1)S(=O)(=O)c1ccc(Cl)cc1. The third-order valence-corrected chi connectivity index (χ3v) is 6.02. The number of ether oxygens (including phenoxy) is 1. The normalized spacial score (nSPS) is 15.5. The molecule has 1 aliphatic rings. The van der Waals surface area contributed by atoms with E-state index in [0.717, 1.165) is 18.8 Å². The van der Waals surface area contributed by atoms with Gasteiger partial charge < -0.3 is 9.64 Å². The number of nitrogens with zero attached hydrogens (tertiary/aromatic N) is 2. The molecule has 0 radical (unpaired) electrons. The van der Waals surface area contributed by atoms with Crippen molar-refractivity contribution in [2.24, 2.45) is 0 Å². The minimum Gasteiger partial charge on any atom is -0.378 e. The van der Waals surface area contributed by atoms with Crippen molar-refractivity contribution < 1.29 is 13.2 Å². The van der Waals surface area contributed by atoms with Gasteiger partial charge in [0.25, 0.3) is 0 Å². The van der Waals surface area contributed by atoms with E-state index in [1.165, 1.54) is 30.3 Å². The van der Waals surface area contributed by atoms with Crippen molar-refractivity contribution in [3.63, 3.8) is 0 Å². The standard InChI is InChI=1S/C19H17ClN2O3S/c20-16-3-7-18(8-4-16)26(23,24)19(14-21)13-15-1-5-17(6-2-15)22-9-11-25-12-10-22/h1-8,13H,9-12H2/b19-13-. The summed E-state index contributed by atoms with van der Waals surface area (Å²) in [4.78, 5) is 1.94. The van der Waals surface area contributed by atoms with Crippen LogP contribution in [0.1, 0.15) is 5.56 Å². The Morgan fingerprint density at radius 3 is 2.27 bits per heavy atom. The molecule has 2 aromatic carbocycles. The molecule has 0 amide bonds. The van der Waals surface area contributed by atoms with Crippen molar-refractivity contribution in [1.82, 2.24) is 0 Å². The summed E-state index contributed by atoms with van der Waals surface area (Å²) in [5.41, 5.74) is 1.70. The molecule has 1 saturated heterocycles. The Morgan fingerprint density at radius 2 is 1.69 bits per heavy atom. The number of anilines is 1. The predicted octanol–water partition coefficient (Wildman–Crippen LogP) is 3.51. The zero-order valence-electron chi connectivity index (χ0n) is 13.9. The molecule has 0 N–H and O–H groups in total. The molecule has 3 rings (SSSR count). The van der Waals surface area contributed by atoms with Crippen LogP contribution < -0.4 is 4.90 Å². The van der Waals surface area contributed by atoms with Crippen molar-refractivity contribution in [3.8, 4) is 6.07 Å². The van der Waals surface area contributed by atoms with Gasteiger partial charge in [0.15, 0.2) is 0 Å². The van der Waals surface area contributed by atoms with Crippen LogP contribution in [-0.2, 0) is 14.6 Å². The van der Waals surface area contributed by atoms with Crippen LogP contribution in [0.25, 0.3) is 6.08 Å². The molecular weight excluding hydrogens is 372 g/mol. The molecule has 7 heteroatoms. The van der Waals surface area contributed by atoms with Crippen LogP contribution in [-0.4, -0.2) is 34.7 Å². The van der Waals surface area contributed by atoms with Gasteiger partial charge in [0.2, 0.25) is 9.84 Å². The quantitative estimate of drug-likeness (QED) is 0.749. The van der Waals surface area contributed by atoms with Gasteiger partial charge in [-0.2, -0.15) is 5.26 Å². The molecule has 0 atom stereocenters. The van der Waals surface area contributed by atoms with E-state index in [9.17, 15) is 13.7 Å². The molecule has 1 aliphatic heterocycles. The van der Waals surface area contributed by atoms with Crippen molar-refractivity contribution in [2.45, 2.75) is 4.90 Å². The van der Waals surface area contributed by atoms with Crippen LogP contribution in [0.3, 0.4) is 0 Å². The summed E-state index contributed by atoms with van der Waals surface area (Å²) in [6, 6.07) is 15.0. The fourth-order valence-electron chi connectivity index (χ4n) is 2.66. The molecule has 0 spiro atoms. The molecule has 1 heterocycles. The average Bonchev–Trinajstić information content (AvgIpc) is 2.67. The van der Waals surface area contributed by atoms with Crippen LogP contribution in [0, 0.1) is 11.3 Å². The third-order valence-electron chi connectivity index (χ3n) is 4.09. The van der Waals surface area contributed by atoms with Gasteiger partial charge in [-0.25, -0.2) is 8.42 Å². The van der Waals surface area contributed by atoms with Gasteiger partial charge in [-0.05, 0) is 48.0 Å². The summed E-state index contributed by atoms with van der Waals surface area (Å²) in [7, 11) is -3.88. The molecule has 26 heavy (non-hydrogen) atoms. The number of morpholine rings is 1. The van der Waals surface area contributed by atoms with Crippen molar-refractivity contribution in [2.75, 3.05) is 31.2 Å². The zero-order chi connectivity index (χ0) is 18.6. The van der Waals surface area contributed by atoms with E-state index in [1.807, 2.05) is 12.1 Å². The van der Waals surface area contributed by atoms with E-state index < -0.39 is 9.84 Å². The highest BCUT2D eigenvalue weighted by atomic mass is 35.5. The van der Waals surface area contributed by atoms with Gasteiger partial charge in [-0.3, -0.25) is 0 Å². The van der Waals surface area contributed by atoms with Gasteiger partial charge in [0.05, 0.1) is 18.1 Å². The fourth-order valence-corrected chi connectivity index (χ4v) is 3.95. The van der Waals surface area contributed by atoms with E-state index in [-0.39, 0.29) is 9.80 Å². The highest BCUT2D eigenvalue weighted by Crippen LogP contribution is 2.24. The summed E-state index contributed by atoms with van der Waals surface area (Å²) in [5.74, 6) is 0. The van der Waals surface area contributed by atoms with E-state index in [1.54, 1.807) is 18.2 Å². The third kappa shape index (κ3) is 4.07. The summed E-state index contributed by atoms with van der Waals surface area (Å²) in [6.07, 6.45) is 1.38. The average molecular weight is 389 g/mol. The molecule has 0 bridgehead atoms. The molecule has 2 aromatic rings. The van der Waals surface area contributed by atoms with Crippen molar-refractivity contribution in [3.05, 3.63) is 64.0 Å². The van der Waals surface area contributed by atoms with E-state index in [2.05, 4.69) is 4.90 Å². The van der Waals surface area contributed by atoms with E-state index >= 15 is 0 Å². The Kier molecular flexibility index (Phi) is 5.62. The first-order valence-electron chi connectivity index (χ1n) is 8.06. The van der Waals surface area contributed by atoms with Crippen molar-refractivity contribution >= 4 is 33.2 Å². The Morgan fingerprint density at radius 1 is 1.08 bits per heavy atom. The van der Waals surface area contributed by atoms with Gasteiger partial charge in [-0.15, -0.1) is 0 Å². The van der Waals surface area contributed by atoms with E-state index in [4.69, 9.17) is 16.3 Å². The number of sulfone groups is 1. The van der Waals surface area contributed by atoms with Gasteiger partial charge in [0.1, 0.15) is 11.0 Å². The van der Waals surface area contributed by atoms with Crippen LogP contribution in [0.5, 0.6) is 0 Å². The summed E-state index contributed by atoms with van der Waals surface area (Å²) < 4.78 is 30.6. The van der Waals surface area contributed by atoms with Crippen LogP contribution >= 0.6 is 11.6 Å². The van der Waals surface area contributed by atoms with Gasteiger partial charge in [0, 0.05) is 23.8 Å². The number of hydrogen-bond donors (Lipinski definition) is 0. The second kappa shape index (κ2) is 7.92. The first-order chi connectivity index (χ1) is 12.5. The second-order valence-electron chi connectivity index (χ2n) is 5.77. The molecule has 1 fully saturated rings. The molecular formula is C19H17ClN2O3S. The smallest absolute Gasteiger partial charge is 0.216 e. The maximum absolute atomic E-state index is 12.6. The fraction of sp³-hybridized carbons (Fsp3) is 0.211. The number of halogens is 1. The number of allylic oxidation sites excluding steroid dienone is 1. The topological polar surface area (TPSA) is 70.4 Å². The van der Waals surface area contributed by atoms with Crippen LogP contribution in [0.15, 0.2) is 58.3 Å². The van der Waals surface area contributed by atoms with Gasteiger partial charge in [-0.1, -0.05) is 23.7 Å². The molecule has 0 unspecified atom stereocenters. The number of nitriles is 1. The lowest BCUT2D eigenvalue weighted by Crippen LogP contribution is -2.36. The Balaban J connectivity index is 1.86. The number of rotatable bonds is 4. The minimum absolute atomic E-state index is 0.0413. The molecule has 134 valence electrons. The first kappa shape index (κ1) is 18.5. The molecule has 0 aromatic heterocycles. The predicted molar refractivity (Wildman–Crippen MR) is 102 cm³/mol. The second-order valence-corrected chi connectivity index (χ2v) is 8.12. The van der Waals surface area contributed by atoms with E-state index in [0.29, 0.717) is 23.8 Å². The summed E-state index contributed by atoms with van der Waals surface area (Å²) in [5, 5.41) is 9.79. The minimum atomic E-state index is -3.88. The lowest BCUT2D eigenvalue weighted by Gasteiger charge is -2.28. The first-order valence-corrected chi connectivity index (χ1v) is 9.92. The Labute approximate surface area is 158 Å².